The molecule has 2 N–H and O–H groups in total. The Morgan fingerprint density at radius 2 is 2.00 bits per heavy atom. The van der Waals surface area contributed by atoms with E-state index in [-0.39, 0.29) is 0 Å². The van der Waals surface area contributed by atoms with Gasteiger partial charge in [-0.05, 0) is 38.0 Å². The van der Waals surface area contributed by atoms with Gasteiger partial charge in [-0.3, -0.25) is 0 Å². The number of hydrogen-bond donors (Lipinski definition) is 1. The third-order valence-electron chi connectivity index (χ3n) is 2.70. The summed E-state index contributed by atoms with van der Waals surface area (Å²) in [7, 11) is 0. The van der Waals surface area contributed by atoms with E-state index in [0.717, 1.165) is 13.1 Å². The summed E-state index contributed by atoms with van der Waals surface area (Å²) in [4.78, 5) is 2.32. The highest BCUT2D eigenvalue weighted by atomic mass is 15.1. The Bertz CT molecular complexity index is 294. The van der Waals surface area contributed by atoms with E-state index in [1.165, 1.54) is 16.8 Å². The number of nitrogens with two attached hydrogens (primary N) is 1. The average Bonchev–Trinajstić information content (AvgIpc) is 2.19. The van der Waals surface area contributed by atoms with Crippen LogP contribution in [0.2, 0.25) is 0 Å². The number of benzene rings is 1. The summed E-state index contributed by atoms with van der Waals surface area (Å²) >= 11 is 0. The lowest BCUT2D eigenvalue weighted by atomic mass is 10.1. The largest absolute Gasteiger partial charge is 0.370 e. The molecule has 0 saturated carbocycles. The first-order valence-corrected chi connectivity index (χ1v) is 5.22. The number of likely N-dealkylation sites (N-methyl/N-ethyl adjacent to an activating group) is 1. The maximum Gasteiger partial charge on any atom is 0.0398 e. The van der Waals surface area contributed by atoms with E-state index < -0.39 is 0 Å². The monoisotopic (exact) mass is 192 g/mol. The summed E-state index contributed by atoms with van der Waals surface area (Å²) < 4.78 is 0. The molecule has 0 unspecified atom stereocenters. The highest BCUT2D eigenvalue weighted by Crippen LogP contribution is 2.21. The van der Waals surface area contributed by atoms with Gasteiger partial charge >= 0.3 is 0 Å². The van der Waals surface area contributed by atoms with Crippen molar-refractivity contribution in [2.45, 2.75) is 20.8 Å². The number of anilines is 1. The molecule has 0 radical (unpaired) electrons. The van der Waals surface area contributed by atoms with Crippen LogP contribution in [-0.4, -0.2) is 19.6 Å². The Morgan fingerprint density at radius 3 is 2.57 bits per heavy atom. The minimum absolute atomic E-state index is 0.710. The van der Waals surface area contributed by atoms with Crippen LogP contribution in [-0.2, 0) is 0 Å². The van der Waals surface area contributed by atoms with Crippen molar-refractivity contribution in [3.05, 3.63) is 29.3 Å². The molecule has 1 aromatic rings. The van der Waals surface area contributed by atoms with Crippen LogP contribution in [0.5, 0.6) is 0 Å². The predicted octanol–water partition coefficient (Wildman–Crippen LogP) is 2.09. The standard InChI is InChI=1S/C12H20N2/c1-4-14(9-8-13)12-7-5-6-10(2)11(12)3/h5-7H,4,8-9,13H2,1-3H3. The molecule has 1 rings (SSSR count). The molecular weight excluding hydrogens is 172 g/mol. The SMILES string of the molecule is CCN(CCN)c1cccc(C)c1C. The fourth-order valence-corrected chi connectivity index (χ4v) is 1.68. The second-order valence-electron chi connectivity index (χ2n) is 3.59. The third kappa shape index (κ3) is 2.26. The quantitative estimate of drug-likeness (QED) is 0.791. The van der Waals surface area contributed by atoms with Crippen LogP contribution in [0.3, 0.4) is 0 Å². The molecule has 0 spiro atoms. The van der Waals surface area contributed by atoms with Crippen molar-refractivity contribution < 1.29 is 0 Å². The molecule has 0 aliphatic heterocycles. The van der Waals surface area contributed by atoms with Gasteiger partial charge in [0.1, 0.15) is 0 Å². The lowest BCUT2D eigenvalue weighted by Gasteiger charge is -2.25. The van der Waals surface area contributed by atoms with Gasteiger partial charge in [0.25, 0.3) is 0 Å². The average molecular weight is 192 g/mol. The highest BCUT2D eigenvalue weighted by molar-refractivity contribution is 5.55. The van der Waals surface area contributed by atoms with Crippen LogP contribution in [0, 0.1) is 13.8 Å². The smallest absolute Gasteiger partial charge is 0.0398 e. The van der Waals surface area contributed by atoms with Crippen molar-refractivity contribution in [3.8, 4) is 0 Å². The van der Waals surface area contributed by atoms with Gasteiger partial charge in [-0.2, -0.15) is 0 Å². The summed E-state index contributed by atoms with van der Waals surface area (Å²) in [6.07, 6.45) is 0. The summed E-state index contributed by atoms with van der Waals surface area (Å²) in [5, 5.41) is 0. The normalized spacial score (nSPS) is 10.3. The minimum Gasteiger partial charge on any atom is -0.370 e. The summed E-state index contributed by atoms with van der Waals surface area (Å²) in [5.74, 6) is 0. The molecule has 0 heterocycles. The van der Waals surface area contributed by atoms with Crippen LogP contribution >= 0.6 is 0 Å². The van der Waals surface area contributed by atoms with Gasteiger partial charge in [0, 0.05) is 25.3 Å². The predicted molar refractivity (Wildman–Crippen MR) is 62.9 cm³/mol. The first-order chi connectivity index (χ1) is 6.70. The molecule has 78 valence electrons. The molecular formula is C12H20N2. The van der Waals surface area contributed by atoms with Crippen LogP contribution in [0.1, 0.15) is 18.1 Å². The fraction of sp³-hybridized carbons (Fsp3) is 0.500. The molecule has 1 aromatic carbocycles. The van der Waals surface area contributed by atoms with Crippen molar-refractivity contribution >= 4 is 5.69 Å². The molecule has 0 bridgehead atoms. The topological polar surface area (TPSA) is 29.3 Å². The second kappa shape index (κ2) is 5.01. The van der Waals surface area contributed by atoms with E-state index in [4.69, 9.17) is 5.73 Å². The number of aryl methyl sites for hydroxylation is 1. The lowest BCUT2D eigenvalue weighted by Crippen LogP contribution is -2.29. The molecule has 0 fully saturated rings. The Morgan fingerprint density at radius 1 is 1.29 bits per heavy atom. The zero-order chi connectivity index (χ0) is 10.6. The second-order valence-corrected chi connectivity index (χ2v) is 3.59. The van der Waals surface area contributed by atoms with Crippen molar-refractivity contribution in [1.82, 2.24) is 0 Å². The number of nitrogens with zero attached hydrogens (tertiary/aromatic N) is 1. The number of rotatable bonds is 4. The molecule has 0 atom stereocenters. The van der Waals surface area contributed by atoms with Crippen LogP contribution in [0.25, 0.3) is 0 Å². The molecule has 2 heteroatoms. The lowest BCUT2D eigenvalue weighted by molar-refractivity contribution is 0.813. The Labute approximate surface area is 86.7 Å². The first-order valence-electron chi connectivity index (χ1n) is 5.22. The zero-order valence-electron chi connectivity index (χ0n) is 9.38. The fourth-order valence-electron chi connectivity index (χ4n) is 1.68. The zero-order valence-corrected chi connectivity index (χ0v) is 9.38. The van der Waals surface area contributed by atoms with Gasteiger partial charge < -0.3 is 10.6 Å². The Kier molecular flexibility index (Phi) is 3.96. The van der Waals surface area contributed by atoms with Gasteiger partial charge in [-0.25, -0.2) is 0 Å². The van der Waals surface area contributed by atoms with Gasteiger partial charge in [0.15, 0.2) is 0 Å². The van der Waals surface area contributed by atoms with Crippen LogP contribution in [0.15, 0.2) is 18.2 Å². The molecule has 0 aromatic heterocycles. The van der Waals surface area contributed by atoms with Crippen LogP contribution in [0.4, 0.5) is 5.69 Å². The van der Waals surface area contributed by atoms with Crippen molar-refractivity contribution in [1.29, 1.82) is 0 Å². The molecule has 2 nitrogen and oxygen atoms in total. The van der Waals surface area contributed by atoms with Gasteiger partial charge in [0.05, 0.1) is 0 Å². The minimum atomic E-state index is 0.710. The van der Waals surface area contributed by atoms with E-state index in [9.17, 15) is 0 Å². The van der Waals surface area contributed by atoms with Gasteiger partial charge in [-0.1, -0.05) is 12.1 Å². The summed E-state index contributed by atoms with van der Waals surface area (Å²) in [5.41, 5.74) is 9.62. The third-order valence-corrected chi connectivity index (χ3v) is 2.70. The highest BCUT2D eigenvalue weighted by Gasteiger charge is 2.06. The van der Waals surface area contributed by atoms with Crippen molar-refractivity contribution in [2.24, 2.45) is 5.73 Å². The molecule has 0 amide bonds. The number of hydrogen-bond acceptors (Lipinski definition) is 2. The summed E-state index contributed by atoms with van der Waals surface area (Å²) in [6.45, 7) is 9.14. The molecule has 14 heavy (non-hydrogen) atoms. The van der Waals surface area contributed by atoms with Gasteiger partial charge in [-0.15, -0.1) is 0 Å². The van der Waals surface area contributed by atoms with Crippen molar-refractivity contribution in [3.63, 3.8) is 0 Å². The van der Waals surface area contributed by atoms with Crippen molar-refractivity contribution in [2.75, 3.05) is 24.5 Å². The summed E-state index contributed by atoms with van der Waals surface area (Å²) in [6, 6.07) is 6.42. The molecule has 0 saturated heterocycles. The van der Waals surface area contributed by atoms with E-state index in [2.05, 4.69) is 43.9 Å². The van der Waals surface area contributed by atoms with Gasteiger partial charge in [0.2, 0.25) is 0 Å². The Hall–Kier alpha value is -1.02. The van der Waals surface area contributed by atoms with E-state index in [0.29, 0.717) is 6.54 Å². The molecule has 0 aliphatic rings. The van der Waals surface area contributed by atoms with Crippen LogP contribution < -0.4 is 10.6 Å². The van der Waals surface area contributed by atoms with E-state index in [1.54, 1.807) is 0 Å². The Balaban J connectivity index is 2.97. The first kappa shape index (κ1) is 11.1. The maximum absolute atomic E-state index is 5.59. The molecule has 0 aliphatic carbocycles. The van der Waals surface area contributed by atoms with E-state index in [1.807, 2.05) is 0 Å². The van der Waals surface area contributed by atoms with E-state index >= 15 is 0 Å². The maximum atomic E-state index is 5.59.